The summed E-state index contributed by atoms with van der Waals surface area (Å²) in [6.45, 7) is 7.75. The van der Waals surface area contributed by atoms with Crippen LogP contribution >= 0.6 is 0 Å². The predicted molar refractivity (Wildman–Crippen MR) is 80.6 cm³/mol. The molecule has 1 saturated heterocycles. The summed E-state index contributed by atoms with van der Waals surface area (Å²) in [6.07, 6.45) is -0.114. The van der Waals surface area contributed by atoms with Crippen LogP contribution in [0.15, 0.2) is 24.3 Å². The van der Waals surface area contributed by atoms with Gasteiger partial charge in [-0.15, -0.1) is 0 Å². The number of aliphatic hydroxyl groups is 1. The molecule has 20 heavy (non-hydrogen) atoms. The first kappa shape index (κ1) is 15.4. The highest BCUT2D eigenvalue weighted by Crippen LogP contribution is 2.30. The molecule has 0 bridgehead atoms. The molecule has 2 rings (SSSR count). The van der Waals surface area contributed by atoms with Crippen molar-refractivity contribution in [3.05, 3.63) is 35.4 Å². The van der Waals surface area contributed by atoms with E-state index in [1.54, 1.807) is 0 Å². The number of aryl methyl sites for hydroxylation is 1. The molecule has 0 radical (unpaired) electrons. The fourth-order valence-electron chi connectivity index (χ4n) is 3.02. The van der Waals surface area contributed by atoms with Crippen LogP contribution < -0.4 is 5.73 Å². The van der Waals surface area contributed by atoms with Crippen molar-refractivity contribution in [3.63, 3.8) is 0 Å². The van der Waals surface area contributed by atoms with Crippen LogP contribution in [0.3, 0.4) is 0 Å². The van der Waals surface area contributed by atoms with E-state index in [0.29, 0.717) is 12.6 Å². The first-order valence-electron chi connectivity index (χ1n) is 7.34. The molecule has 4 nitrogen and oxygen atoms in total. The van der Waals surface area contributed by atoms with Crippen molar-refractivity contribution < 1.29 is 9.84 Å². The Labute approximate surface area is 121 Å². The molecule has 0 spiro atoms. The van der Waals surface area contributed by atoms with Crippen molar-refractivity contribution in [2.24, 2.45) is 5.73 Å². The van der Waals surface area contributed by atoms with Crippen LogP contribution in [0.4, 0.5) is 0 Å². The summed E-state index contributed by atoms with van der Waals surface area (Å²) in [6, 6.07) is 8.87. The van der Waals surface area contributed by atoms with E-state index in [9.17, 15) is 5.11 Å². The van der Waals surface area contributed by atoms with E-state index < -0.39 is 0 Å². The highest BCUT2D eigenvalue weighted by Gasteiger charge is 2.34. The Bertz CT molecular complexity index is 436. The van der Waals surface area contributed by atoms with E-state index in [4.69, 9.17) is 10.5 Å². The Morgan fingerprint density at radius 2 is 2.15 bits per heavy atom. The molecular weight excluding hydrogens is 252 g/mol. The zero-order valence-corrected chi connectivity index (χ0v) is 12.6. The van der Waals surface area contributed by atoms with E-state index in [1.165, 1.54) is 11.1 Å². The summed E-state index contributed by atoms with van der Waals surface area (Å²) < 4.78 is 5.63. The van der Waals surface area contributed by atoms with Gasteiger partial charge in [-0.3, -0.25) is 4.90 Å². The minimum Gasteiger partial charge on any atom is -0.394 e. The van der Waals surface area contributed by atoms with Crippen LogP contribution in [0.2, 0.25) is 0 Å². The molecule has 3 N–H and O–H groups in total. The first-order valence-corrected chi connectivity index (χ1v) is 7.34. The van der Waals surface area contributed by atoms with Gasteiger partial charge in [0, 0.05) is 18.6 Å². The maximum absolute atomic E-state index is 9.36. The number of hydrogen-bond acceptors (Lipinski definition) is 4. The number of nitrogens with two attached hydrogens (primary N) is 1. The molecule has 4 atom stereocenters. The van der Waals surface area contributed by atoms with Gasteiger partial charge in [0.05, 0.1) is 25.4 Å². The predicted octanol–water partition coefficient (Wildman–Crippen LogP) is 1.46. The smallest absolute Gasteiger partial charge is 0.0933 e. The number of aliphatic hydroxyl groups excluding tert-OH is 1. The van der Waals surface area contributed by atoms with Gasteiger partial charge in [0.15, 0.2) is 0 Å². The molecule has 4 unspecified atom stereocenters. The molecule has 1 aliphatic heterocycles. The minimum absolute atomic E-state index is 0.0241. The van der Waals surface area contributed by atoms with Gasteiger partial charge < -0.3 is 15.6 Å². The van der Waals surface area contributed by atoms with Gasteiger partial charge in [0.25, 0.3) is 0 Å². The summed E-state index contributed by atoms with van der Waals surface area (Å²) in [5.74, 6) is 0. The summed E-state index contributed by atoms with van der Waals surface area (Å²) in [7, 11) is 0. The average Bonchev–Trinajstić information content (AvgIpc) is 2.43. The third-order valence-electron chi connectivity index (χ3n) is 4.12. The summed E-state index contributed by atoms with van der Waals surface area (Å²) >= 11 is 0. The van der Waals surface area contributed by atoms with Crippen molar-refractivity contribution >= 4 is 0 Å². The highest BCUT2D eigenvalue weighted by atomic mass is 16.5. The molecule has 1 fully saturated rings. The molecule has 0 aliphatic carbocycles. The normalized spacial score (nSPS) is 27.2. The fourth-order valence-corrected chi connectivity index (χ4v) is 3.02. The minimum atomic E-state index is -0.114. The molecule has 4 heteroatoms. The van der Waals surface area contributed by atoms with Crippen LogP contribution in [0.5, 0.6) is 0 Å². The molecule has 0 saturated carbocycles. The number of hydrogen-bond donors (Lipinski definition) is 2. The van der Waals surface area contributed by atoms with Crippen LogP contribution in [-0.4, -0.2) is 48.0 Å². The van der Waals surface area contributed by atoms with Crippen molar-refractivity contribution in [3.8, 4) is 0 Å². The number of morpholine rings is 1. The Morgan fingerprint density at radius 1 is 1.45 bits per heavy atom. The summed E-state index contributed by atoms with van der Waals surface area (Å²) in [5.41, 5.74) is 8.80. The first-order chi connectivity index (χ1) is 9.54. The second-order valence-corrected chi connectivity index (χ2v) is 5.84. The summed E-state index contributed by atoms with van der Waals surface area (Å²) in [5, 5.41) is 9.36. The molecule has 1 heterocycles. The Kier molecular flexibility index (Phi) is 5.16. The van der Waals surface area contributed by atoms with Gasteiger partial charge >= 0.3 is 0 Å². The SMILES string of the molecule is Cc1ccccc1C(C(C)N)N1CC(CO)OCC1C. The summed E-state index contributed by atoms with van der Waals surface area (Å²) in [4.78, 5) is 2.37. The zero-order chi connectivity index (χ0) is 14.7. The molecule has 1 aromatic rings. The van der Waals surface area contributed by atoms with E-state index in [-0.39, 0.29) is 24.8 Å². The third-order valence-corrected chi connectivity index (χ3v) is 4.12. The number of ether oxygens (including phenoxy) is 1. The quantitative estimate of drug-likeness (QED) is 0.875. The second-order valence-electron chi connectivity index (χ2n) is 5.84. The van der Waals surface area contributed by atoms with Gasteiger partial charge in [-0.25, -0.2) is 0 Å². The van der Waals surface area contributed by atoms with Crippen LogP contribution in [-0.2, 0) is 4.74 Å². The molecule has 1 aliphatic rings. The van der Waals surface area contributed by atoms with Crippen molar-refractivity contribution in [1.29, 1.82) is 0 Å². The van der Waals surface area contributed by atoms with E-state index in [0.717, 1.165) is 6.54 Å². The molecule has 1 aromatic carbocycles. The van der Waals surface area contributed by atoms with Gasteiger partial charge in [-0.05, 0) is 31.9 Å². The number of rotatable bonds is 4. The lowest BCUT2D eigenvalue weighted by Gasteiger charge is -2.44. The highest BCUT2D eigenvalue weighted by molar-refractivity contribution is 5.30. The maximum atomic E-state index is 9.36. The lowest BCUT2D eigenvalue weighted by Crippen LogP contribution is -2.54. The van der Waals surface area contributed by atoms with Gasteiger partial charge in [0.2, 0.25) is 0 Å². The van der Waals surface area contributed by atoms with Gasteiger partial charge in [0.1, 0.15) is 0 Å². The molecular formula is C16H26N2O2. The topological polar surface area (TPSA) is 58.7 Å². The Morgan fingerprint density at radius 3 is 2.75 bits per heavy atom. The van der Waals surface area contributed by atoms with Crippen molar-refractivity contribution in [2.45, 2.75) is 45.0 Å². The van der Waals surface area contributed by atoms with E-state index >= 15 is 0 Å². The Hall–Kier alpha value is -0.940. The average molecular weight is 278 g/mol. The van der Waals surface area contributed by atoms with Crippen molar-refractivity contribution in [2.75, 3.05) is 19.8 Å². The molecule has 0 aromatic heterocycles. The zero-order valence-electron chi connectivity index (χ0n) is 12.6. The largest absolute Gasteiger partial charge is 0.394 e. The van der Waals surface area contributed by atoms with E-state index in [2.05, 4.69) is 43.0 Å². The van der Waals surface area contributed by atoms with Gasteiger partial charge in [-0.1, -0.05) is 24.3 Å². The van der Waals surface area contributed by atoms with E-state index in [1.807, 2.05) is 6.92 Å². The second kappa shape index (κ2) is 6.68. The van der Waals surface area contributed by atoms with Gasteiger partial charge in [-0.2, -0.15) is 0 Å². The fraction of sp³-hybridized carbons (Fsp3) is 0.625. The monoisotopic (exact) mass is 278 g/mol. The van der Waals surface area contributed by atoms with Crippen LogP contribution in [0.25, 0.3) is 0 Å². The lowest BCUT2D eigenvalue weighted by molar-refractivity contribution is -0.0941. The number of benzene rings is 1. The van der Waals surface area contributed by atoms with Crippen LogP contribution in [0, 0.1) is 6.92 Å². The number of nitrogens with zero attached hydrogens (tertiary/aromatic N) is 1. The maximum Gasteiger partial charge on any atom is 0.0933 e. The molecule has 0 amide bonds. The van der Waals surface area contributed by atoms with Crippen molar-refractivity contribution in [1.82, 2.24) is 4.90 Å². The third kappa shape index (κ3) is 3.20. The standard InChI is InChI=1S/C16H26N2O2/c1-11-6-4-5-7-15(11)16(13(3)17)18-8-14(9-19)20-10-12(18)2/h4-7,12-14,16,19H,8-10,17H2,1-3H3. The molecule has 112 valence electrons. The van der Waals surface area contributed by atoms with Crippen LogP contribution in [0.1, 0.15) is 31.0 Å². The Balaban J connectivity index is 2.30. The lowest BCUT2D eigenvalue weighted by atomic mass is 9.93.